The Morgan fingerprint density at radius 3 is 1.89 bits per heavy atom. The lowest BCUT2D eigenvalue weighted by Gasteiger charge is -2.17. The van der Waals surface area contributed by atoms with Crippen molar-refractivity contribution in [3.63, 3.8) is 0 Å². The minimum absolute atomic E-state index is 0.0960. The maximum absolute atomic E-state index is 5.82. The highest BCUT2D eigenvalue weighted by Gasteiger charge is 2.07. The summed E-state index contributed by atoms with van der Waals surface area (Å²) in [5.41, 5.74) is 0. The fraction of sp³-hybridized carbons (Fsp3) is 0.913. The Hall–Kier alpha value is -0.580. The molecular weight excluding hydrogens is 340 g/mol. The SMILES string of the molecule is CCCCCCCCCOCOC=CCCC(OCCCC)OCCCC. The third-order valence-corrected chi connectivity index (χ3v) is 4.41. The van der Waals surface area contributed by atoms with E-state index in [-0.39, 0.29) is 6.29 Å². The first-order valence-electron chi connectivity index (χ1n) is 11.4. The molecule has 0 N–H and O–H groups in total. The molecule has 0 atom stereocenters. The van der Waals surface area contributed by atoms with Crippen molar-refractivity contribution in [3.05, 3.63) is 12.3 Å². The minimum Gasteiger partial charge on any atom is -0.475 e. The average Bonchev–Trinajstić information content (AvgIpc) is 2.68. The molecule has 0 fully saturated rings. The lowest BCUT2D eigenvalue weighted by molar-refractivity contribution is -0.146. The molecule has 0 bridgehead atoms. The van der Waals surface area contributed by atoms with E-state index in [1.807, 2.05) is 6.08 Å². The summed E-state index contributed by atoms with van der Waals surface area (Å²) in [4.78, 5) is 0. The van der Waals surface area contributed by atoms with Gasteiger partial charge in [0.05, 0.1) is 12.9 Å². The first kappa shape index (κ1) is 26.4. The van der Waals surface area contributed by atoms with Crippen LogP contribution in [0.5, 0.6) is 0 Å². The van der Waals surface area contributed by atoms with Crippen molar-refractivity contribution in [1.29, 1.82) is 0 Å². The molecule has 0 heterocycles. The van der Waals surface area contributed by atoms with Gasteiger partial charge in [0, 0.05) is 19.6 Å². The molecule has 27 heavy (non-hydrogen) atoms. The first-order chi connectivity index (χ1) is 13.3. The van der Waals surface area contributed by atoms with Crippen molar-refractivity contribution in [1.82, 2.24) is 0 Å². The Balaban J connectivity index is 3.51. The first-order valence-corrected chi connectivity index (χ1v) is 11.4. The second-order valence-corrected chi connectivity index (χ2v) is 7.14. The van der Waals surface area contributed by atoms with Crippen LogP contribution in [-0.4, -0.2) is 32.9 Å². The van der Waals surface area contributed by atoms with Gasteiger partial charge in [-0.05, 0) is 31.8 Å². The summed E-state index contributed by atoms with van der Waals surface area (Å²) < 4.78 is 22.5. The molecule has 0 spiro atoms. The van der Waals surface area contributed by atoms with Gasteiger partial charge < -0.3 is 18.9 Å². The Morgan fingerprint density at radius 2 is 1.26 bits per heavy atom. The molecule has 0 aliphatic heterocycles. The van der Waals surface area contributed by atoms with Gasteiger partial charge >= 0.3 is 0 Å². The normalized spacial score (nSPS) is 11.7. The van der Waals surface area contributed by atoms with Crippen LogP contribution in [0.1, 0.15) is 104 Å². The lowest BCUT2D eigenvalue weighted by Crippen LogP contribution is -2.18. The molecule has 0 amide bonds. The van der Waals surface area contributed by atoms with Gasteiger partial charge in [-0.1, -0.05) is 72.1 Å². The minimum atomic E-state index is -0.0960. The Kier molecular flexibility index (Phi) is 23.0. The van der Waals surface area contributed by atoms with E-state index < -0.39 is 0 Å². The van der Waals surface area contributed by atoms with E-state index in [1.165, 1.54) is 38.5 Å². The predicted molar refractivity (Wildman–Crippen MR) is 114 cm³/mol. The third kappa shape index (κ3) is 21.6. The van der Waals surface area contributed by atoms with Gasteiger partial charge in [0.25, 0.3) is 0 Å². The fourth-order valence-corrected chi connectivity index (χ4v) is 2.61. The number of hydrogen-bond acceptors (Lipinski definition) is 4. The standard InChI is InChI=1S/C23H46O4/c1-4-7-10-11-12-13-15-18-24-22-25-19-16-14-17-23(26-20-8-5-2)27-21-9-6-3/h16,19,23H,4-15,17-18,20-22H2,1-3H3. The summed E-state index contributed by atoms with van der Waals surface area (Å²) in [6.07, 6.45) is 19.0. The number of ether oxygens (including phenoxy) is 4. The highest BCUT2D eigenvalue weighted by Crippen LogP contribution is 2.09. The number of rotatable bonds is 22. The smallest absolute Gasteiger partial charge is 0.188 e. The summed E-state index contributed by atoms with van der Waals surface area (Å²) in [5.74, 6) is 0. The van der Waals surface area contributed by atoms with Crippen LogP contribution in [0.25, 0.3) is 0 Å². The number of unbranched alkanes of at least 4 members (excludes halogenated alkanes) is 8. The third-order valence-electron chi connectivity index (χ3n) is 4.41. The Labute approximate surface area is 169 Å². The van der Waals surface area contributed by atoms with E-state index in [1.54, 1.807) is 6.26 Å². The van der Waals surface area contributed by atoms with Crippen LogP contribution in [-0.2, 0) is 18.9 Å². The average molecular weight is 387 g/mol. The molecule has 0 radical (unpaired) electrons. The largest absolute Gasteiger partial charge is 0.475 e. The maximum atomic E-state index is 5.82. The summed E-state index contributed by atoms with van der Waals surface area (Å²) in [7, 11) is 0. The number of allylic oxidation sites excluding steroid dienone is 1. The molecular formula is C23H46O4. The molecule has 162 valence electrons. The van der Waals surface area contributed by atoms with Crippen molar-refractivity contribution in [2.75, 3.05) is 26.6 Å². The van der Waals surface area contributed by atoms with Crippen molar-refractivity contribution < 1.29 is 18.9 Å². The van der Waals surface area contributed by atoms with Crippen molar-refractivity contribution >= 4 is 0 Å². The summed E-state index contributed by atoms with van der Waals surface area (Å²) >= 11 is 0. The zero-order valence-corrected chi connectivity index (χ0v) is 18.4. The van der Waals surface area contributed by atoms with E-state index >= 15 is 0 Å². The predicted octanol–water partition coefficient (Wildman–Crippen LogP) is 6.98. The second kappa shape index (κ2) is 23.5. The summed E-state index contributed by atoms with van der Waals surface area (Å²) in [6.45, 7) is 9.29. The van der Waals surface area contributed by atoms with Gasteiger partial charge in [0.15, 0.2) is 13.1 Å². The monoisotopic (exact) mass is 386 g/mol. The topological polar surface area (TPSA) is 36.9 Å². The van der Waals surface area contributed by atoms with Gasteiger partial charge in [0.1, 0.15) is 0 Å². The van der Waals surface area contributed by atoms with Crippen LogP contribution in [0.15, 0.2) is 12.3 Å². The van der Waals surface area contributed by atoms with Crippen molar-refractivity contribution in [2.45, 2.75) is 111 Å². The molecule has 0 aromatic rings. The van der Waals surface area contributed by atoms with Crippen LogP contribution >= 0.6 is 0 Å². The molecule has 0 aromatic carbocycles. The van der Waals surface area contributed by atoms with Crippen LogP contribution in [0.3, 0.4) is 0 Å². The number of hydrogen-bond donors (Lipinski definition) is 0. The molecule has 0 aliphatic rings. The van der Waals surface area contributed by atoms with E-state index in [0.29, 0.717) is 6.79 Å². The molecule has 4 nitrogen and oxygen atoms in total. The highest BCUT2D eigenvalue weighted by atomic mass is 16.7. The van der Waals surface area contributed by atoms with Gasteiger partial charge in [-0.2, -0.15) is 0 Å². The second-order valence-electron chi connectivity index (χ2n) is 7.14. The van der Waals surface area contributed by atoms with E-state index in [4.69, 9.17) is 18.9 Å². The van der Waals surface area contributed by atoms with Crippen molar-refractivity contribution in [3.8, 4) is 0 Å². The van der Waals surface area contributed by atoms with Crippen molar-refractivity contribution in [2.24, 2.45) is 0 Å². The molecule has 0 aliphatic carbocycles. The van der Waals surface area contributed by atoms with E-state index in [9.17, 15) is 0 Å². The molecule has 0 rings (SSSR count). The van der Waals surface area contributed by atoms with Gasteiger partial charge in [-0.25, -0.2) is 0 Å². The van der Waals surface area contributed by atoms with Gasteiger partial charge in [-0.15, -0.1) is 0 Å². The summed E-state index contributed by atoms with van der Waals surface area (Å²) in [5, 5.41) is 0. The highest BCUT2D eigenvalue weighted by molar-refractivity contribution is 4.73. The Bertz CT molecular complexity index is 284. The maximum Gasteiger partial charge on any atom is 0.188 e. The van der Waals surface area contributed by atoms with E-state index in [2.05, 4.69) is 20.8 Å². The van der Waals surface area contributed by atoms with Crippen LogP contribution in [0.4, 0.5) is 0 Å². The zero-order chi connectivity index (χ0) is 19.8. The Morgan fingerprint density at radius 1 is 0.667 bits per heavy atom. The lowest BCUT2D eigenvalue weighted by atomic mass is 10.1. The van der Waals surface area contributed by atoms with Crippen LogP contribution < -0.4 is 0 Å². The van der Waals surface area contributed by atoms with Crippen LogP contribution in [0, 0.1) is 0 Å². The van der Waals surface area contributed by atoms with E-state index in [0.717, 1.165) is 64.8 Å². The zero-order valence-electron chi connectivity index (χ0n) is 18.4. The van der Waals surface area contributed by atoms with Gasteiger partial charge in [0.2, 0.25) is 0 Å². The molecule has 0 aromatic heterocycles. The molecule has 0 unspecified atom stereocenters. The molecule has 0 saturated carbocycles. The summed E-state index contributed by atoms with van der Waals surface area (Å²) in [6, 6.07) is 0. The quantitative estimate of drug-likeness (QED) is 0.114. The fourth-order valence-electron chi connectivity index (χ4n) is 2.61. The van der Waals surface area contributed by atoms with Gasteiger partial charge in [-0.3, -0.25) is 0 Å². The molecule has 4 heteroatoms. The van der Waals surface area contributed by atoms with Crippen LogP contribution in [0.2, 0.25) is 0 Å². The molecule has 0 saturated heterocycles.